The first kappa shape index (κ1) is 21.9. The number of likely N-dealkylation sites (N-methyl/N-ethyl adjacent to an activating group) is 1. The van der Waals surface area contributed by atoms with Gasteiger partial charge in [0.15, 0.2) is 6.61 Å². The Morgan fingerprint density at radius 2 is 1.79 bits per heavy atom. The van der Waals surface area contributed by atoms with Gasteiger partial charge in [0.25, 0.3) is 5.91 Å². The van der Waals surface area contributed by atoms with Gasteiger partial charge in [0.2, 0.25) is 0 Å². The summed E-state index contributed by atoms with van der Waals surface area (Å²) in [6, 6.07) is 10.6. The van der Waals surface area contributed by atoms with Crippen molar-refractivity contribution < 1.29 is 27.8 Å². The Balaban J connectivity index is 1.80. The maximum atomic E-state index is 12.1. The molecule has 0 aliphatic carbocycles. The van der Waals surface area contributed by atoms with Gasteiger partial charge in [-0.2, -0.15) is 8.78 Å². The van der Waals surface area contributed by atoms with Gasteiger partial charge in [-0.05, 0) is 35.4 Å². The number of carbonyl (C=O) groups excluding carboxylic acids is 2. The van der Waals surface area contributed by atoms with Crippen molar-refractivity contribution >= 4 is 35.1 Å². The number of nitrogens with zero attached hydrogens (tertiary/aromatic N) is 1. The van der Waals surface area contributed by atoms with Crippen molar-refractivity contribution in [1.82, 2.24) is 4.90 Å². The summed E-state index contributed by atoms with van der Waals surface area (Å²) in [5, 5.41) is 0.792. The molecule has 2 aromatic rings. The number of alkyl halides is 2. The molecule has 0 aliphatic rings. The Morgan fingerprint density at radius 1 is 1.11 bits per heavy atom. The lowest BCUT2D eigenvalue weighted by Gasteiger charge is -2.17. The van der Waals surface area contributed by atoms with E-state index in [1.54, 1.807) is 24.3 Å². The molecule has 2 rings (SSSR count). The van der Waals surface area contributed by atoms with Crippen LogP contribution in [0.1, 0.15) is 11.1 Å². The summed E-state index contributed by atoms with van der Waals surface area (Å²) in [6.07, 6.45) is -0.0847. The molecule has 0 N–H and O–H groups in total. The molecule has 28 heavy (non-hydrogen) atoms. The normalized spacial score (nSPS) is 10.6. The van der Waals surface area contributed by atoms with Crippen LogP contribution in [0.4, 0.5) is 8.78 Å². The van der Waals surface area contributed by atoms with Crippen LogP contribution in [0.5, 0.6) is 5.75 Å². The van der Waals surface area contributed by atoms with Crippen molar-refractivity contribution in [3.63, 3.8) is 0 Å². The van der Waals surface area contributed by atoms with Gasteiger partial charge in [-0.1, -0.05) is 41.4 Å². The molecule has 0 spiro atoms. The Kier molecular flexibility index (Phi) is 8.02. The van der Waals surface area contributed by atoms with Crippen LogP contribution >= 0.6 is 23.2 Å². The fourth-order valence-corrected chi connectivity index (χ4v) is 2.74. The number of esters is 1. The molecule has 5 nitrogen and oxygen atoms in total. The number of hydrogen-bond acceptors (Lipinski definition) is 4. The number of ether oxygens (including phenoxy) is 2. The van der Waals surface area contributed by atoms with Crippen LogP contribution in [0.15, 0.2) is 42.5 Å². The van der Waals surface area contributed by atoms with E-state index in [2.05, 4.69) is 4.74 Å². The first-order valence-corrected chi connectivity index (χ1v) is 8.87. The average Bonchev–Trinajstić information content (AvgIpc) is 2.63. The maximum absolute atomic E-state index is 12.1. The van der Waals surface area contributed by atoms with Crippen molar-refractivity contribution in [2.24, 2.45) is 0 Å². The van der Waals surface area contributed by atoms with Crippen molar-refractivity contribution in [2.45, 2.75) is 19.6 Å². The first-order chi connectivity index (χ1) is 13.2. The van der Waals surface area contributed by atoms with Gasteiger partial charge in [0.05, 0.1) is 6.42 Å². The topological polar surface area (TPSA) is 55.8 Å². The lowest BCUT2D eigenvalue weighted by atomic mass is 10.1. The summed E-state index contributed by atoms with van der Waals surface area (Å²) in [6.45, 7) is -3.10. The molecular weight excluding hydrogens is 415 g/mol. The molecule has 0 heterocycles. The average molecular weight is 432 g/mol. The minimum atomic E-state index is -2.90. The number of carbonyl (C=O) groups is 2. The molecule has 0 unspecified atom stereocenters. The standard InChI is InChI=1S/C19H17Cl2F2NO4/c1-24(10-12-2-6-15(7-3-12)28-19(22)23)17(25)11-27-18(26)8-13-4-5-14(20)9-16(13)21/h2-7,9,19H,8,10-11H2,1H3. The molecular formula is C19H17Cl2F2NO4. The highest BCUT2D eigenvalue weighted by molar-refractivity contribution is 6.35. The van der Waals surface area contributed by atoms with Crippen molar-refractivity contribution in [1.29, 1.82) is 0 Å². The van der Waals surface area contributed by atoms with E-state index in [9.17, 15) is 18.4 Å². The highest BCUT2D eigenvalue weighted by Gasteiger charge is 2.14. The predicted octanol–water partition coefficient (Wildman–Crippen LogP) is 4.34. The highest BCUT2D eigenvalue weighted by Crippen LogP contribution is 2.21. The molecule has 2 aromatic carbocycles. The third-order valence-corrected chi connectivity index (χ3v) is 4.29. The molecule has 0 aliphatic heterocycles. The van der Waals surface area contributed by atoms with E-state index in [0.717, 1.165) is 0 Å². The van der Waals surface area contributed by atoms with Gasteiger partial charge in [-0.15, -0.1) is 0 Å². The number of amides is 1. The van der Waals surface area contributed by atoms with E-state index in [4.69, 9.17) is 27.9 Å². The number of rotatable bonds is 8. The quantitative estimate of drug-likeness (QED) is 0.583. The molecule has 150 valence electrons. The van der Waals surface area contributed by atoms with Crippen LogP contribution in [-0.2, 0) is 27.3 Å². The molecule has 1 amide bonds. The molecule has 0 saturated heterocycles. The van der Waals surface area contributed by atoms with Gasteiger partial charge < -0.3 is 14.4 Å². The van der Waals surface area contributed by atoms with E-state index in [0.29, 0.717) is 21.2 Å². The third-order valence-electron chi connectivity index (χ3n) is 3.70. The summed E-state index contributed by atoms with van der Waals surface area (Å²) < 4.78 is 33.5. The fraction of sp³-hybridized carbons (Fsp3) is 0.263. The van der Waals surface area contributed by atoms with E-state index in [-0.39, 0.29) is 18.7 Å². The molecule has 0 radical (unpaired) electrons. The van der Waals surface area contributed by atoms with Gasteiger partial charge in [0, 0.05) is 23.6 Å². The van der Waals surface area contributed by atoms with Crippen LogP contribution < -0.4 is 4.74 Å². The second-order valence-corrected chi connectivity index (χ2v) is 6.69. The van der Waals surface area contributed by atoms with E-state index >= 15 is 0 Å². The zero-order valence-electron chi connectivity index (χ0n) is 14.8. The lowest BCUT2D eigenvalue weighted by Crippen LogP contribution is -2.31. The summed E-state index contributed by atoms with van der Waals surface area (Å²) in [5.74, 6) is -0.981. The lowest BCUT2D eigenvalue weighted by molar-refractivity contribution is -0.151. The molecule has 0 aromatic heterocycles. The Bertz CT molecular complexity index is 831. The molecule has 0 bridgehead atoms. The molecule has 0 fully saturated rings. The van der Waals surface area contributed by atoms with Crippen LogP contribution in [0, 0.1) is 0 Å². The van der Waals surface area contributed by atoms with Gasteiger partial charge in [-0.3, -0.25) is 9.59 Å². The third kappa shape index (κ3) is 6.98. The smallest absolute Gasteiger partial charge is 0.387 e. The van der Waals surface area contributed by atoms with E-state index < -0.39 is 25.1 Å². The van der Waals surface area contributed by atoms with Gasteiger partial charge >= 0.3 is 12.6 Å². The highest BCUT2D eigenvalue weighted by atomic mass is 35.5. The van der Waals surface area contributed by atoms with Crippen molar-refractivity contribution in [3.8, 4) is 5.75 Å². The number of benzene rings is 2. The van der Waals surface area contributed by atoms with Gasteiger partial charge in [-0.25, -0.2) is 0 Å². The van der Waals surface area contributed by atoms with Crippen LogP contribution in [0.3, 0.4) is 0 Å². The number of halogens is 4. The second kappa shape index (κ2) is 10.2. The van der Waals surface area contributed by atoms with E-state index in [1.165, 1.54) is 30.1 Å². The van der Waals surface area contributed by atoms with Gasteiger partial charge in [0.1, 0.15) is 5.75 Å². The summed E-state index contributed by atoms with van der Waals surface area (Å²) in [5.41, 5.74) is 1.25. The van der Waals surface area contributed by atoms with Crippen molar-refractivity contribution in [3.05, 3.63) is 63.6 Å². The molecule has 9 heteroatoms. The van der Waals surface area contributed by atoms with Crippen molar-refractivity contribution in [2.75, 3.05) is 13.7 Å². The Labute approximate surface area is 170 Å². The fourth-order valence-electron chi connectivity index (χ4n) is 2.26. The van der Waals surface area contributed by atoms with Crippen LogP contribution in [0.2, 0.25) is 10.0 Å². The number of hydrogen-bond donors (Lipinski definition) is 0. The maximum Gasteiger partial charge on any atom is 0.387 e. The Morgan fingerprint density at radius 3 is 2.39 bits per heavy atom. The van der Waals surface area contributed by atoms with Crippen LogP contribution in [-0.4, -0.2) is 37.0 Å². The molecule has 0 atom stereocenters. The summed E-state index contributed by atoms with van der Waals surface area (Å²) >= 11 is 11.8. The summed E-state index contributed by atoms with van der Waals surface area (Å²) in [7, 11) is 1.54. The largest absolute Gasteiger partial charge is 0.455 e. The minimum absolute atomic E-state index is 0.0301. The van der Waals surface area contributed by atoms with Crippen LogP contribution in [0.25, 0.3) is 0 Å². The SMILES string of the molecule is CN(Cc1ccc(OC(F)F)cc1)C(=O)COC(=O)Cc1ccc(Cl)cc1Cl. The summed E-state index contributed by atoms with van der Waals surface area (Å²) in [4.78, 5) is 25.4. The predicted molar refractivity (Wildman–Crippen MR) is 101 cm³/mol. The van der Waals surface area contributed by atoms with E-state index in [1.807, 2.05) is 0 Å². The first-order valence-electron chi connectivity index (χ1n) is 8.12. The zero-order chi connectivity index (χ0) is 20.7. The zero-order valence-corrected chi connectivity index (χ0v) is 16.3. The monoisotopic (exact) mass is 431 g/mol. The second-order valence-electron chi connectivity index (χ2n) is 5.85. The molecule has 0 saturated carbocycles. The Hall–Kier alpha value is -2.38. The minimum Gasteiger partial charge on any atom is -0.455 e.